The molecule has 2 aromatic rings. The van der Waals surface area contributed by atoms with Gasteiger partial charge in [-0.3, -0.25) is 4.98 Å². The standard InChI is InChI=1S/C18H27N3O3S/c1-5-24-17-8-7-15(13-16(17)18(2,3)4)25(22,23)20-9-6-11-21-12-10-19-14-21/h7-8,10,12-14,20H,5-6,9,11H2,1-4H3/p+1. The van der Waals surface area contributed by atoms with Gasteiger partial charge in [0.25, 0.3) is 0 Å². The first-order valence-electron chi connectivity index (χ1n) is 8.53. The predicted octanol–water partition coefficient (Wildman–Crippen LogP) is 2.37. The van der Waals surface area contributed by atoms with Crippen molar-refractivity contribution in [1.82, 2.24) is 9.71 Å². The summed E-state index contributed by atoms with van der Waals surface area (Å²) in [7, 11) is -3.54. The Labute approximate surface area is 150 Å². The highest BCUT2D eigenvalue weighted by atomic mass is 32.2. The van der Waals surface area contributed by atoms with Gasteiger partial charge in [-0.1, -0.05) is 20.8 Å². The lowest BCUT2D eigenvalue weighted by molar-refractivity contribution is -0.695. The fraction of sp³-hybridized carbons (Fsp3) is 0.500. The van der Waals surface area contributed by atoms with Crippen LogP contribution in [0, 0.1) is 0 Å². The molecule has 0 radical (unpaired) electrons. The second kappa shape index (κ2) is 8.01. The highest BCUT2D eigenvalue weighted by Crippen LogP contribution is 2.33. The lowest BCUT2D eigenvalue weighted by Gasteiger charge is -2.23. The third kappa shape index (κ3) is 5.31. The molecule has 7 heteroatoms. The molecule has 1 aromatic carbocycles. The average molecular weight is 367 g/mol. The van der Waals surface area contributed by atoms with Crippen LogP contribution in [-0.2, 0) is 22.0 Å². The Morgan fingerprint density at radius 2 is 2.04 bits per heavy atom. The molecule has 6 nitrogen and oxygen atoms in total. The van der Waals surface area contributed by atoms with Crippen molar-refractivity contribution in [2.45, 2.75) is 51.0 Å². The maximum absolute atomic E-state index is 12.6. The summed E-state index contributed by atoms with van der Waals surface area (Å²) in [6, 6.07) is 5.06. The molecule has 0 bridgehead atoms. The van der Waals surface area contributed by atoms with E-state index in [1.54, 1.807) is 18.2 Å². The molecule has 0 aliphatic carbocycles. The zero-order valence-electron chi connectivity index (χ0n) is 15.4. The maximum atomic E-state index is 12.6. The van der Waals surface area contributed by atoms with Crippen LogP contribution in [0.4, 0.5) is 0 Å². The summed E-state index contributed by atoms with van der Waals surface area (Å²) in [5, 5.41) is 0. The summed E-state index contributed by atoms with van der Waals surface area (Å²) >= 11 is 0. The molecule has 1 aromatic heterocycles. The minimum Gasteiger partial charge on any atom is -0.494 e. The Morgan fingerprint density at radius 3 is 2.64 bits per heavy atom. The predicted molar refractivity (Wildman–Crippen MR) is 97.1 cm³/mol. The number of benzene rings is 1. The Bertz CT molecular complexity index is 778. The Morgan fingerprint density at radius 1 is 1.28 bits per heavy atom. The molecule has 2 N–H and O–H groups in total. The minimum atomic E-state index is -3.54. The van der Waals surface area contributed by atoms with Crippen LogP contribution in [0.25, 0.3) is 0 Å². The zero-order chi connectivity index (χ0) is 18.5. The van der Waals surface area contributed by atoms with Crippen LogP contribution in [0.3, 0.4) is 0 Å². The number of sulfonamides is 1. The molecule has 1 heterocycles. The molecule has 0 amide bonds. The molecule has 0 saturated carbocycles. The summed E-state index contributed by atoms with van der Waals surface area (Å²) in [6.45, 7) is 9.74. The van der Waals surface area contributed by atoms with E-state index in [4.69, 9.17) is 4.74 Å². The third-order valence-electron chi connectivity index (χ3n) is 3.86. The van der Waals surface area contributed by atoms with Crippen molar-refractivity contribution in [2.75, 3.05) is 13.2 Å². The highest BCUT2D eigenvalue weighted by Gasteiger charge is 2.23. The molecule has 0 atom stereocenters. The van der Waals surface area contributed by atoms with Crippen LogP contribution < -0.4 is 14.0 Å². The quantitative estimate of drug-likeness (QED) is 0.556. The molecule has 0 fully saturated rings. The highest BCUT2D eigenvalue weighted by molar-refractivity contribution is 7.89. The number of rotatable bonds is 8. The van der Waals surface area contributed by atoms with Crippen LogP contribution >= 0.6 is 0 Å². The smallest absolute Gasteiger partial charge is 0.241 e. The second-order valence-corrected chi connectivity index (χ2v) is 8.71. The molecule has 2 rings (SSSR count). The van der Waals surface area contributed by atoms with Crippen molar-refractivity contribution in [3.63, 3.8) is 0 Å². The normalized spacial score (nSPS) is 12.3. The Kier molecular flexibility index (Phi) is 6.24. The molecular formula is C18H28N3O3S+. The van der Waals surface area contributed by atoms with Crippen LogP contribution in [0.1, 0.15) is 39.7 Å². The first-order valence-corrected chi connectivity index (χ1v) is 10.0. The van der Waals surface area contributed by atoms with E-state index in [1.807, 2.05) is 51.0 Å². The van der Waals surface area contributed by atoms with Gasteiger partial charge >= 0.3 is 0 Å². The fourth-order valence-electron chi connectivity index (χ4n) is 2.55. The zero-order valence-corrected chi connectivity index (χ0v) is 16.2. The van der Waals surface area contributed by atoms with Crippen molar-refractivity contribution in [1.29, 1.82) is 0 Å². The van der Waals surface area contributed by atoms with Gasteiger partial charge < -0.3 is 4.74 Å². The largest absolute Gasteiger partial charge is 0.494 e. The number of nitrogens with zero attached hydrogens (tertiary/aromatic N) is 1. The van der Waals surface area contributed by atoms with E-state index in [2.05, 4.69) is 9.71 Å². The topological polar surface area (TPSA) is 75.1 Å². The fourth-order valence-corrected chi connectivity index (χ4v) is 3.65. The first kappa shape index (κ1) is 19.5. The van der Waals surface area contributed by atoms with E-state index >= 15 is 0 Å². The molecule has 25 heavy (non-hydrogen) atoms. The van der Waals surface area contributed by atoms with Crippen LogP contribution in [-0.4, -0.2) is 26.6 Å². The van der Waals surface area contributed by atoms with Gasteiger partial charge in [0.05, 0.1) is 18.0 Å². The van der Waals surface area contributed by atoms with Gasteiger partial charge in [-0.05, 0) is 37.0 Å². The number of aryl methyl sites for hydroxylation is 1. The van der Waals surface area contributed by atoms with E-state index in [0.29, 0.717) is 19.6 Å². The SMILES string of the molecule is CCOc1ccc(S(=O)(=O)NCCC[n+]2cc[nH]c2)cc1C(C)(C)C. The molecule has 0 aliphatic heterocycles. The summed E-state index contributed by atoms with van der Waals surface area (Å²) < 4.78 is 35.5. The van der Waals surface area contributed by atoms with Crippen LogP contribution in [0.2, 0.25) is 0 Å². The molecule has 0 spiro atoms. The van der Waals surface area contributed by atoms with Gasteiger partial charge in [0, 0.05) is 12.1 Å². The lowest BCUT2D eigenvalue weighted by Crippen LogP contribution is -2.33. The molecular weight excluding hydrogens is 338 g/mol. The van der Waals surface area contributed by atoms with Crippen molar-refractivity contribution in [3.8, 4) is 5.75 Å². The van der Waals surface area contributed by atoms with Crippen molar-refractivity contribution < 1.29 is 17.7 Å². The minimum absolute atomic E-state index is 0.207. The van der Waals surface area contributed by atoms with Gasteiger partial charge in [-0.2, -0.15) is 0 Å². The van der Waals surface area contributed by atoms with Gasteiger partial charge in [0.15, 0.2) is 0 Å². The first-order chi connectivity index (χ1) is 11.7. The van der Waals surface area contributed by atoms with E-state index in [-0.39, 0.29) is 10.3 Å². The third-order valence-corrected chi connectivity index (χ3v) is 5.32. The number of H-pyrrole nitrogens is 1. The number of hydrogen-bond donors (Lipinski definition) is 2. The summed E-state index contributed by atoms with van der Waals surface area (Å²) in [5.74, 6) is 0.734. The molecule has 0 aliphatic rings. The number of aromatic amines is 1. The van der Waals surface area contributed by atoms with Gasteiger partial charge in [0.2, 0.25) is 16.4 Å². The number of ether oxygens (including phenoxy) is 1. The van der Waals surface area contributed by atoms with Crippen LogP contribution in [0.5, 0.6) is 5.75 Å². The molecule has 138 valence electrons. The van der Waals surface area contributed by atoms with E-state index < -0.39 is 10.0 Å². The number of nitrogens with one attached hydrogen (secondary N) is 2. The van der Waals surface area contributed by atoms with Crippen molar-refractivity contribution in [3.05, 3.63) is 42.5 Å². The monoisotopic (exact) mass is 366 g/mol. The second-order valence-electron chi connectivity index (χ2n) is 6.94. The van der Waals surface area contributed by atoms with Gasteiger partial charge in [-0.25, -0.2) is 17.7 Å². The van der Waals surface area contributed by atoms with Crippen molar-refractivity contribution >= 4 is 10.0 Å². The maximum Gasteiger partial charge on any atom is 0.241 e. The number of hydrogen-bond acceptors (Lipinski definition) is 3. The van der Waals surface area contributed by atoms with Crippen molar-refractivity contribution in [2.24, 2.45) is 0 Å². The summed E-state index contributed by atoms with van der Waals surface area (Å²) in [5.41, 5.74) is 0.682. The Balaban J connectivity index is 2.09. The van der Waals surface area contributed by atoms with E-state index in [1.165, 1.54) is 0 Å². The van der Waals surface area contributed by atoms with Gasteiger partial charge in [0.1, 0.15) is 18.1 Å². The summed E-state index contributed by atoms with van der Waals surface area (Å²) in [4.78, 5) is 3.23. The number of imidazole rings is 1. The van der Waals surface area contributed by atoms with Gasteiger partial charge in [-0.15, -0.1) is 0 Å². The van der Waals surface area contributed by atoms with E-state index in [0.717, 1.165) is 17.9 Å². The average Bonchev–Trinajstić information content (AvgIpc) is 3.04. The molecule has 0 saturated heterocycles. The number of aromatic nitrogens is 2. The van der Waals surface area contributed by atoms with Crippen LogP contribution in [0.15, 0.2) is 41.8 Å². The molecule has 0 unspecified atom stereocenters. The Hall–Kier alpha value is -1.86. The van der Waals surface area contributed by atoms with E-state index in [9.17, 15) is 8.42 Å². The summed E-state index contributed by atoms with van der Waals surface area (Å²) in [6.07, 6.45) is 6.30. The lowest BCUT2D eigenvalue weighted by atomic mass is 9.86.